The zero-order valence-corrected chi connectivity index (χ0v) is 11.6. The third-order valence-corrected chi connectivity index (χ3v) is 4.62. The van der Waals surface area contributed by atoms with Gasteiger partial charge in [-0.15, -0.1) is 11.8 Å². The summed E-state index contributed by atoms with van der Waals surface area (Å²) in [5.74, 6) is 0.627. The molecule has 0 saturated heterocycles. The number of carbonyl (C=O) groups is 1. The van der Waals surface area contributed by atoms with Crippen molar-refractivity contribution in [1.29, 1.82) is 0 Å². The molecule has 1 unspecified atom stereocenters. The van der Waals surface area contributed by atoms with Crippen molar-refractivity contribution in [1.82, 2.24) is 9.78 Å². The van der Waals surface area contributed by atoms with Gasteiger partial charge in [0.05, 0.1) is 18.6 Å². The smallest absolute Gasteiger partial charge is 0.198 e. The molecule has 2 aromatic rings. The number of carbonyl (C=O) groups excluding carboxylic acids is 1. The van der Waals surface area contributed by atoms with Crippen LogP contribution in [0.4, 0.5) is 0 Å². The van der Waals surface area contributed by atoms with Crippen LogP contribution in [0.1, 0.15) is 16.1 Å². The van der Waals surface area contributed by atoms with Crippen molar-refractivity contribution in [3.05, 3.63) is 41.7 Å². The first kappa shape index (κ1) is 12.3. The molecular weight excluding hydrogens is 260 g/mol. The molecule has 5 heteroatoms. The van der Waals surface area contributed by atoms with Gasteiger partial charge in [0, 0.05) is 11.9 Å². The average molecular weight is 274 g/mol. The van der Waals surface area contributed by atoms with Gasteiger partial charge in [0.15, 0.2) is 11.5 Å². The minimum Gasteiger partial charge on any atom is -0.493 e. The maximum atomic E-state index is 12.6. The van der Waals surface area contributed by atoms with E-state index in [4.69, 9.17) is 4.74 Å². The fourth-order valence-electron chi connectivity index (χ4n) is 2.33. The summed E-state index contributed by atoms with van der Waals surface area (Å²) < 4.78 is 6.80. The molecule has 98 valence electrons. The van der Waals surface area contributed by atoms with Gasteiger partial charge < -0.3 is 4.74 Å². The molecule has 0 spiro atoms. The zero-order valence-electron chi connectivity index (χ0n) is 10.8. The van der Waals surface area contributed by atoms with Crippen molar-refractivity contribution in [3.63, 3.8) is 0 Å². The fourth-order valence-corrected chi connectivity index (χ4v) is 3.58. The number of ether oxygens (including phenoxy) is 1. The normalized spacial score (nSPS) is 17.3. The predicted octanol–water partition coefficient (Wildman–Crippen LogP) is 2.33. The Hall–Kier alpha value is -1.75. The van der Waals surface area contributed by atoms with Gasteiger partial charge in [0.1, 0.15) is 5.69 Å². The Bertz CT molecular complexity index is 611. The summed E-state index contributed by atoms with van der Waals surface area (Å²) in [5.41, 5.74) is 1.79. The van der Waals surface area contributed by atoms with E-state index in [0.717, 1.165) is 6.42 Å². The van der Waals surface area contributed by atoms with E-state index in [9.17, 15) is 4.79 Å². The van der Waals surface area contributed by atoms with E-state index in [1.807, 2.05) is 12.1 Å². The summed E-state index contributed by atoms with van der Waals surface area (Å²) >= 11 is 1.62. The quantitative estimate of drug-likeness (QED) is 0.806. The largest absolute Gasteiger partial charge is 0.493 e. The van der Waals surface area contributed by atoms with Gasteiger partial charge in [0.25, 0.3) is 0 Å². The first-order valence-corrected chi connectivity index (χ1v) is 6.93. The van der Waals surface area contributed by atoms with Crippen LogP contribution >= 0.6 is 11.8 Å². The highest BCUT2D eigenvalue weighted by molar-refractivity contribution is 8.01. The Morgan fingerprint density at radius 2 is 2.26 bits per heavy atom. The molecule has 1 aromatic carbocycles. The number of ketones is 1. The van der Waals surface area contributed by atoms with Crippen LogP contribution in [0.15, 0.2) is 35.4 Å². The summed E-state index contributed by atoms with van der Waals surface area (Å²) in [4.78, 5) is 13.8. The molecule has 2 heterocycles. The van der Waals surface area contributed by atoms with Gasteiger partial charge in [-0.1, -0.05) is 18.2 Å². The zero-order chi connectivity index (χ0) is 13.4. The lowest BCUT2D eigenvalue weighted by Crippen LogP contribution is -2.20. The number of Topliss-reactive ketones (excluding diaryl/α,β-unsaturated/α-hetero) is 1. The summed E-state index contributed by atoms with van der Waals surface area (Å²) in [7, 11) is 3.33. The Morgan fingerprint density at radius 1 is 1.47 bits per heavy atom. The van der Waals surface area contributed by atoms with Crippen molar-refractivity contribution in [2.24, 2.45) is 7.05 Å². The molecule has 3 rings (SSSR count). The number of thioether (sulfide) groups is 1. The molecule has 1 aliphatic heterocycles. The Labute approximate surface area is 115 Å². The Morgan fingerprint density at radius 3 is 3.00 bits per heavy atom. The van der Waals surface area contributed by atoms with Crippen molar-refractivity contribution in [3.8, 4) is 5.75 Å². The number of aryl methyl sites for hydroxylation is 1. The number of nitrogens with zero attached hydrogens (tertiary/aromatic N) is 2. The number of benzene rings is 1. The predicted molar refractivity (Wildman–Crippen MR) is 73.9 cm³/mol. The highest BCUT2D eigenvalue weighted by Gasteiger charge is 2.32. The van der Waals surface area contributed by atoms with Gasteiger partial charge in [-0.25, -0.2) is 0 Å². The molecule has 1 aromatic heterocycles. The minimum absolute atomic E-state index is 0.0815. The SMILES string of the molecule is COc1cnn(C)c1C(=O)C1Cc2ccccc2S1. The van der Waals surface area contributed by atoms with Crippen LogP contribution in [0.2, 0.25) is 0 Å². The lowest BCUT2D eigenvalue weighted by molar-refractivity contribution is 0.0978. The molecule has 0 amide bonds. The lowest BCUT2D eigenvalue weighted by Gasteiger charge is -2.09. The highest BCUT2D eigenvalue weighted by Crippen LogP contribution is 2.39. The molecular formula is C14H14N2O2S. The fraction of sp³-hybridized carbons (Fsp3) is 0.286. The second-order valence-corrected chi connectivity index (χ2v) is 5.71. The number of fused-ring (bicyclic) bond motifs is 1. The van der Waals surface area contributed by atoms with E-state index in [1.165, 1.54) is 10.5 Å². The second kappa shape index (κ2) is 4.74. The van der Waals surface area contributed by atoms with Crippen molar-refractivity contribution >= 4 is 17.5 Å². The second-order valence-electron chi connectivity index (χ2n) is 4.47. The van der Waals surface area contributed by atoms with Crippen LogP contribution in [0.5, 0.6) is 5.75 Å². The van der Waals surface area contributed by atoms with E-state index >= 15 is 0 Å². The molecule has 1 aliphatic rings. The number of rotatable bonds is 3. The Balaban J connectivity index is 1.89. The standard InChI is InChI=1S/C14H14N2O2S/c1-16-13(10(18-2)8-15-16)14(17)12-7-9-5-3-4-6-11(9)19-12/h3-6,8,12H,7H2,1-2H3. The molecule has 0 fully saturated rings. The summed E-state index contributed by atoms with van der Waals surface area (Å²) in [6, 6.07) is 8.16. The maximum Gasteiger partial charge on any atom is 0.198 e. The van der Waals surface area contributed by atoms with Gasteiger partial charge in [-0.05, 0) is 18.1 Å². The topological polar surface area (TPSA) is 44.1 Å². The average Bonchev–Trinajstić information content (AvgIpc) is 3.01. The van der Waals surface area contributed by atoms with Crippen LogP contribution in [-0.2, 0) is 13.5 Å². The summed E-state index contributed by atoms with van der Waals surface area (Å²) in [6.45, 7) is 0. The van der Waals surface area contributed by atoms with Crippen LogP contribution in [0.3, 0.4) is 0 Å². The van der Waals surface area contributed by atoms with E-state index in [0.29, 0.717) is 11.4 Å². The molecule has 1 atom stereocenters. The Kier molecular flexibility index (Phi) is 3.06. The van der Waals surface area contributed by atoms with Gasteiger partial charge in [0.2, 0.25) is 0 Å². The van der Waals surface area contributed by atoms with Crippen LogP contribution < -0.4 is 4.74 Å². The number of methoxy groups -OCH3 is 1. The van der Waals surface area contributed by atoms with Crippen molar-refractivity contribution < 1.29 is 9.53 Å². The van der Waals surface area contributed by atoms with Crippen molar-refractivity contribution in [2.45, 2.75) is 16.6 Å². The molecule has 0 saturated carbocycles. The van der Waals surface area contributed by atoms with E-state index in [-0.39, 0.29) is 11.0 Å². The van der Waals surface area contributed by atoms with Crippen LogP contribution in [0.25, 0.3) is 0 Å². The molecule has 0 bridgehead atoms. The lowest BCUT2D eigenvalue weighted by atomic mass is 10.1. The van der Waals surface area contributed by atoms with Gasteiger partial charge >= 0.3 is 0 Å². The molecule has 4 nitrogen and oxygen atoms in total. The summed E-state index contributed by atoms with van der Waals surface area (Å²) in [6.07, 6.45) is 2.36. The van der Waals surface area contributed by atoms with Gasteiger partial charge in [-0.3, -0.25) is 9.48 Å². The van der Waals surface area contributed by atoms with Crippen LogP contribution in [0, 0.1) is 0 Å². The van der Waals surface area contributed by atoms with E-state index in [1.54, 1.807) is 36.8 Å². The first-order chi connectivity index (χ1) is 9.20. The van der Waals surface area contributed by atoms with E-state index in [2.05, 4.69) is 17.2 Å². The molecule has 0 N–H and O–H groups in total. The van der Waals surface area contributed by atoms with Crippen molar-refractivity contribution in [2.75, 3.05) is 7.11 Å². The van der Waals surface area contributed by atoms with Gasteiger partial charge in [-0.2, -0.15) is 5.10 Å². The highest BCUT2D eigenvalue weighted by atomic mass is 32.2. The third kappa shape index (κ3) is 2.04. The molecule has 0 radical (unpaired) electrons. The third-order valence-electron chi connectivity index (χ3n) is 3.30. The minimum atomic E-state index is -0.0818. The number of aromatic nitrogens is 2. The van der Waals surface area contributed by atoms with Crippen LogP contribution in [-0.4, -0.2) is 27.9 Å². The number of hydrogen-bond acceptors (Lipinski definition) is 4. The number of hydrogen-bond donors (Lipinski definition) is 0. The van der Waals surface area contributed by atoms with E-state index < -0.39 is 0 Å². The molecule has 19 heavy (non-hydrogen) atoms. The first-order valence-electron chi connectivity index (χ1n) is 6.05. The maximum absolute atomic E-state index is 12.6. The summed E-state index contributed by atoms with van der Waals surface area (Å²) in [5, 5.41) is 4.01. The monoisotopic (exact) mass is 274 g/mol. The molecule has 0 aliphatic carbocycles.